The fourth-order valence-electron chi connectivity index (χ4n) is 3.26. The molecule has 0 aliphatic carbocycles. The molecule has 0 spiro atoms. The van der Waals surface area contributed by atoms with E-state index in [9.17, 15) is 4.79 Å². The second-order valence-corrected chi connectivity index (χ2v) is 6.44. The smallest absolute Gasteiger partial charge is 0.257 e. The highest BCUT2D eigenvalue weighted by Gasteiger charge is 2.23. The number of nitrogens with one attached hydrogen (secondary N) is 2. The molecular weight excluding hydrogens is 300 g/mol. The van der Waals surface area contributed by atoms with Gasteiger partial charge < -0.3 is 15.4 Å². The van der Waals surface area contributed by atoms with Gasteiger partial charge in [0, 0.05) is 24.9 Å². The topological polar surface area (TPSA) is 50.4 Å². The van der Waals surface area contributed by atoms with Gasteiger partial charge in [0.15, 0.2) is 0 Å². The average molecular weight is 324 g/mol. The van der Waals surface area contributed by atoms with E-state index in [4.69, 9.17) is 4.74 Å². The molecule has 1 aliphatic rings. The first-order chi connectivity index (χ1) is 11.6. The molecule has 2 aromatic carbocycles. The van der Waals surface area contributed by atoms with Crippen LogP contribution in [-0.2, 0) is 11.3 Å². The molecule has 24 heavy (non-hydrogen) atoms. The molecule has 2 N–H and O–H groups in total. The Morgan fingerprint density at radius 1 is 1.33 bits per heavy atom. The Bertz CT molecular complexity index is 755. The summed E-state index contributed by atoms with van der Waals surface area (Å²) in [5.41, 5.74) is 5.79. The summed E-state index contributed by atoms with van der Waals surface area (Å²) < 4.78 is 5.22. The van der Waals surface area contributed by atoms with Crippen LogP contribution in [0.1, 0.15) is 46.3 Å². The number of anilines is 2. The lowest BCUT2D eigenvalue weighted by molar-refractivity contribution is 0.102. The molecule has 126 valence electrons. The largest absolute Gasteiger partial charge is 0.384 e. The van der Waals surface area contributed by atoms with E-state index in [-0.39, 0.29) is 5.91 Å². The van der Waals surface area contributed by atoms with Crippen molar-refractivity contribution in [1.82, 2.24) is 0 Å². The van der Waals surface area contributed by atoms with Crippen LogP contribution in [-0.4, -0.2) is 19.6 Å². The van der Waals surface area contributed by atoms with Crippen LogP contribution in [0.15, 0.2) is 36.4 Å². The van der Waals surface area contributed by atoms with Crippen LogP contribution in [0.25, 0.3) is 0 Å². The monoisotopic (exact) mass is 324 g/mol. The number of carbonyl (C=O) groups excluding carboxylic acids is 1. The Balaban J connectivity index is 1.94. The fraction of sp³-hybridized carbons (Fsp3) is 0.350. The molecule has 4 heteroatoms. The van der Waals surface area contributed by atoms with E-state index < -0.39 is 0 Å². The zero-order valence-corrected chi connectivity index (χ0v) is 14.5. The minimum Gasteiger partial charge on any atom is -0.384 e. The second-order valence-electron chi connectivity index (χ2n) is 6.44. The van der Waals surface area contributed by atoms with Crippen LogP contribution in [0, 0.1) is 6.92 Å². The molecule has 0 saturated heterocycles. The molecule has 3 rings (SSSR count). The molecule has 4 nitrogen and oxygen atoms in total. The van der Waals surface area contributed by atoms with E-state index in [1.165, 1.54) is 5.56 Å². The predicted molar refractivity (Wildman–Crippen MR) is 97.8 cm³/mol. The normalized spacial score (nSPS) is 16.2. The highest BCUT2D eigenvalue weighted by molar-refractivity contribution is 6.09. The van der Waals surface area contributed by atoms with Crippen molar-refractivity contribution in [1.29, 1.82) is 0 Å². The molecule has 1 aliphatic heterocycles. The first-order valence-corrected chi connectivity index (χ1v) is 8.36. The van der Waals surface area contributed by atoms with Gasteiger partial charge in [-0.2, -0.15) is 0 Å². The van der Waals surface area contributed by atoms with Crippen molar-refractivity contribution in [2.24, 2.45) is 0 Å². The van der Waals surface area contributed by atoms with Crippen LogP contribution < -0.4 is 10.6 Å². The highest BCUT2D eigenvalue weighted by atomic mass is 16.5. The quantitative estimate of drug-likeness (QED) is 0.881. The number of fused-ring (bicyclic) bond motifs is 1. The number of hydrogen-bond donors (Lipinski definition) is 2. The van der Waals surface area contributed by atoms with Crippen LogP contribution >= 0.6 is 0 Å². The lowest BCUT2D eigenvalue weighted by Crippen LogP contribution is -2.21. The van der Waals surface area contributed by atoms with Crippen molar-refractivity contribution in [2.75, 3.05) is 24.3 Å². The Labute approximate surface area is 143 Å². The van der Waals surface area contributed by atoms with Crippen molar-refractivity contribution in [3.8, 4) is 0 Å². The molecule has 1 amide bonds. The van der Waals surface area contributed by atoms with Gasteiger partial charge >= 0.3 is 0 Å². The number of ether oxygens (including phenoxy) is 1. The average Bonchev–Trinajstić information content (AvgIpc) is 2.57. The summed E-state index contributed by atoms with van der Waals surface area (Å²) in [6, 6.07) is 11.9. The van der Waals surface area contributed by atoms with Crippen molar-refractivity contribution < 1.29 is 9.53 Å². The molecule has 0 saturated carbocycles. The molecule has 1 atom stereocenters. The van der Waals surface area contributed by atoms with Crippen LogP contribution in [0.2, 0.25) is 0 Å². The summed E-state index contributed by atoms with van der Waals surface area (Å²) in [7, 11) is 1.65. The van der Waals surface area contributed by atoms with Gasteiger partial charge in [-0.3, -0.25) is 4.79 Å². The van der Waals surface area contributed by atoms with E-state index in [0.29, 0.717) is 18.1 Å². The number of hydrogen-bond acceptors (Lipinski definition) is 3. The maximum atomic E-state index is 12.9. The van der Waals surface area contributed by atoms with Crippen molar-refractivity contribution in [3.63, 3.8) is 0 Å². The zero-order chi connectivity index (χ0) is 17.1. The summed E-state index contributed by atoms with van der Waals surface area (Å²) >= 11 is 0. The van der Waals surface area contributed by atoms with E-state index in [0.717, 1.165) is 35.5 Å². The molecule has 0 fully saturated rings. The molecular formula is C20H24N2O2. The highest BCUT2D eigenvalue weighted by Crippen LogP contribution is 2.35. The van der Waals surface area contributed by atoms with Crippen LogP contribution in [0.5, 0.6) is 0 Å². The standard InChI is InChI=1S/C20H24N2O2/c1-13-10-16-14(2)8-9-21-19(16)17(11-13)20(23)22-18-7-5-4-6-15(18)12-24-3/h4-7,10-11,14,21H,8-9,12H2,1-3H3,(H,22,23). The predicted octanol–water partition coefficient (Wildman–Crippen LogP) is 4.31. The summed E-state index contributed by atoms with van der Waals surface area (Å²) in [5.74, 6) is 0.383. The second kappa shape index (κ2) is 7.05. The molecule has 0 bridgehead atoms. The zero-order valence-electron chi connectivity index (χ0n) is 14.5. The maximum Gasteiger partial charge on any atom is 0.257 e. The maximum absolute atomic E-state index is 12.9. The lowest BCUT2D eigenvalue weighted by atomic mass is 9.89. The van der Waals surface area contributed by atoms with Gasteiger partial charge in [-0.15, -0.1) is 0 Å². The van der Waals surface area contributed by atoms with Gasteiger partial charge in [0.2, 0.25) is 0 Å². The summed E-state index contributed by atoms with van der Waals surface area (Å²) in [6.45, 7) is 5.63. The third-order valence-electron chi connectivity index (χ3n) is 4.53. The molecule has 1 heterocycles. The number of carbonyl (C=O) groups is 1. The first-order valence-electron chi connectivity index (χ1n) is 8.36. The van der Waals surface area contributed by atoms with Crippen LogP contribution in [0.4, 0.5) is 11.4 Å². The van der Waals surface area contributed by atoms with Crippen molar-refractivity contribution in [3.05, 3.63) is 58.7 Å². The third kappa shape index (κ3) is 3.29. The van der Waals surface area contributed by atoms with E-state index >= 15 is 0 Å². The van der Waals surface area contributed by atoms with E-state index in [2.05, 4.69) is 23.6 Å². The van der Waals surface area contributed by atoms with Gasteiger partial charge in [0.1, 0.15) is 0 Å². The minimum absolute atomic E-state index is 0.0832. The van der Waals surface area contributed by atoms with Crippen molar-refractivity contribution >= 4 is 17.3 Å². The molecule has 1 unspecified atom stereocenters. The minimum atomic E-state index is -0.0832. The van der Waals surface area contributed by atoms with Crippen molar-refractivity contribution in [2.45, 2.75) is 32.8 Å². The number of amides is 1. The van der Waals surface area contributed by atoms with Gasteiger partial charge in [0.05, 0.1) is 17.9 Å². The molecule has 2 aromatic rings. The van der Waals surface area contributed by atoms with E-state index in [1.54, 1.807) is 7.11 Å². The fourth-order valence-corrected chi connectivity index (χ4v) is 3.26. The summed E-state index contributed by atoms with van der Waals surface area (Å²) in [6.07, 6.45) is 1.09. The van der Waals surface area contributed by atoms with Gasteiger partial charge in [0.25, 0.3) is 5.91 Å². The number of rotatable bonds is 4. The molecule has 0 radical (unpaired) electrons. The molecule has 0 aromatic heterocycles. The Kier molecular flexibility index (Phi) is 4.86. The number of aryl methyl sites for hydroxylation is 1. The third-order valence-corrected chi connectivity index (χ3v) is 4.53. The first kappa shape index (κ1) is 16.5. The Morgan fingerprint density at radius 3 is 2.92 bits per heavy atom. The van der Waals surface area contributed by atoms with Gasteiger partial charge in [-0.25, -0.2) is 0 Å². The van der Waals surface area contributed by atoms with Gasteiger partial charge in [-0.1, -0.05) is 31.2 Å². The Hall–Kier alpha value is -2.33. The SMILES string of the molecule is COCc1ccccc1NC(=O)c1cc(C)cc2c1NCCC2C. The number of benzene rings is 2. The van der Waals surface area contributed by atoms with Gasteiger partial charge in [-0.05, 0) is 42.5 Å². The van der Waals surface area contributed by atoms with E-state index in [1.807, 2.05) is 37.3 Å². The number of para-hydroxylation sites is 1. The summed E-state index contributed by atoms with van der Waals surface area (Å²) in [4.78, 5) is 12.9. The number of methoxy groups -OCH3 is 1. The summed E-state index contributed by atoms with van der Waals surface area (Å²) in [5, 5.41) is 6.45. The lowest BCUT2D eigenvalue weighted by Gasteiger charge is -2.26. The van der Waals surface area contributed by atoms with Crippen LogP contribution in [0.3, 0.4) is 0 Å². The Morgan fingerprint density at radius 2 is 2.12 bits per heavy atom.